The van der Waals surface area contributed by atoms with E-state index >= 15 is 0 Å². The van der Waals surface area contributed by atoms with Crippen molar-refractivity contribution in [2.45, 2.75) is 13.0 Å². The van der Waals surface area contributed by atoms with Crippen molar-refractivity contribution in [2.24, 2.45) is 0 Å². The van der Waals surface area contributed by atoms with E-state index in [1.165, 1.54) is 0 Å². The Hall–Kier alpha value is -2.63. The monoisotopic (exact) mass is 304 g/mol. The zero-order chi connectivity index (χ0) is 15.6. The number of methoxy groups -OCH3 is 1. The van der Waals surface area contributed by atoms with Gasteiger partial charge >= 0.3 is 6.03 Å². The van der Waals surface area contributed by atoms with Crippen LogP contribution < -0.4 is 20.1 Å². The van der Waals surface area contributed by atoms with Crippen LogP contribution in [0.1, 0.15) is 12.0 Å². The molecule has 0 fully saturated rings. The maximum absolute atomic E-state index is 11.5. The van der Waals surface area contributed by atoms with E-state index in [4.69, 9.17) is 13.9 Å². The van der Waals surface area contributed by atoms with Gasteiger partial charge in [0.05, 0.1) is 26.2 Å². The SMILES string of the molecule is COc1ccc(OCCCNC(=O)NCc2ccoc2)cc1. The van der Waals surface area contributed by atoms with Gasteiger partial charge in [-0.05, 0) is 36.8 Å². The fourth-order valence-corrected chi connectivity index (χ4v) is 1.77. The number of hydrogen-bond acceptors (Lipinski definition) is 4. The quantitative estimate of drug-likeness (QED) is 0.735. The summed E-state index contributed by atoms with van der Waals surface area (Å²) in [6.07, 6.45) is 3.90. The number of nitrogens with one attached hydrogen (secondary N) is 2. The minimum Gasteiger partial charge on any atom is -0.497 e. The molecule has 1 heterocycles. The zero-order valence-electron chi connectivity index (χ0n) is 12.5. The molecule has 1 aromatic carbocycles. The van der Waals surface area contributed by atoms with Gasteiger partial charge in [-0.3, -0.25) is 0 Å². The van der Waals surface area contributed by atoms with E-state index in [-0.39, 0.29) is 6.03 Å². The molecule has 2 rings (SSSR count). The van der Waals surface area contributed by atoms with Crippen LogP contribution in [0.15, 0.2) is 47.3 Å². The summed E-state index contributed by atoms with van der Waals surface area (Å²) in [4.78, 5) is 11.5. The molecule has 0 aliphatic heterocycles. The summed E-state index contributed by atoms with van der Waals surface area (Å²) in [5.74, 6) is 1.58. The largest absolute Gasteiger partial charge is 0.497 e. The lowest BCUT2D eigenvalue weighted by atomic mass is 10.3. The number of carbonyl (C=O) groups excluding carboxylic acids is 1. The second-order valence-corrected chi connectivity index (χ2v) is 4.62. The summed E-state index contributed by atoms with van der Waals surface area (Å²) < 4.78 is 15.6. The van der Waals surface area contributed by atoms with Gasteiger partial charge in [-0.15, -0.1) is 0 Å². The molecular weight excluding hydrogens is 284 g/mol. The van der Waals surface area contributed by atoms with Gasteiger partial charge in [-0.2, -0.15) is 0 Å². The Morgan fingerprint density at radius 2 is 1.91 bits per heavy atom. The third-order valence-corrected chi connectivity index (χ3v) is 2.97. The molecule has 22 heavy (non-hydrogen) atoms. The Balaban J connectivity index is 1.53. The van der Waals surface area contributed by atoms with Crippen LogP contribution in [0.4, 0.5) is 4.79 Å². The molecule has 2 N–H and O–H groups in total. The van der Waals surface area contributed by atoms with Gasteiger partial charge in [0.25, 0.3) is 0 Å². The highest BCUT2D eigenvalue weighted by atomic mass is 16.5. The maximum atomic E-state index is 11.5. The molecule has 2 aromatic rings. The van der Waals surface area contributed by atoms with Crippen LogP contribution in [0.3, 0.4) is 0 Å². The van der Waals surface area contributed by atoms with Crippen LogP contribution in [-0.2, 0) is 6.54 Å². The standard InChI is InChI=1S/C16H20N2O4/c1-20-14-3-5-15(6-4-14)22-9-2-8-17-16(19)18-11-13-7-10-21-12-13/h3-7,10,12H,2,8-9,11H2,1H3,(H2,17,18,19). The topological polar surface area (TPSA) is 72.7 Å². The van der Waals surface area contributed by atoms with E-state index in [2.05, 4.69) is 10.6 Å². The van der Waals surface area contributed by atoms with Gasteiger partial charge in [0.2, 0.25) is 0 Å². The molecule has 0 aliphatic carbocycles. The predicted octanol–water partition coefficient (Wildman–Crippen LogP) is 2.56. The van der Waals surface area contributed by atoms with E-state index in [9.17, 15) is 4.79 Å². The summed E-state index contributed by atoms with van der Waals surface area (Å²) in [5.41, 5.74) is 0.929. The molecule has 1 aromatic heterocycles. The fraction of sp³-hybridized carbons (Fsp3) is 0.312. The summed E-state index contributed by atoms with van der Waals surface area (Å²) in [6, 6.07) is 9.00. The molecule has 2 amide bonds. The summed E-state index contributed by atoms with van der Waals surface area (Å²) >= 11 is 0. The van der Waals surface area contributed by atoms with Crippen molar-refractivity contribution in [2.75, 3.05) is 20.3 Å². The number of furan rings is 1. The summed E-state index contributed by atoms with van der Waals surface area (Å²) in [5, 5.41) is 5.51. The van der Waals surface area contributed by atoms with Crippen molar-refractivity contribution in [3.8, 4) is 11.5 Å². The van der Waals surface area contributed by atoms with E-state index in [1.807, 2.05) is 30.3 Å². The Labute approximate surface area is 129 Å². The first kappa shape index (κ1) is 15.8. The lowest BCUT2D eigenvalue weighted by molar-refractivity contribution is 0.238. The smallest absolute Gasteiger partial charge is 0.315 e. The molecule has 6 nitrogen and oxygen atoms in total. The minimum absolute atomic E-state index is 0.203. The average Bonchev–Trinajstić information content (AvgIpc) is 3.06. The summed E-state index contributed by atoms with van der Waals surface area (Å²) in [6.45, 7) is 1.53. The molecule has 0 aliphatic rings. The molecule has 118 valence electrons. The third-order valence-electron chi connectivity index (χ3n) is 2.97. The molecule has 0 radical (unpaired) electrons. The van der Waals surface area contributed by atoms with Gasteiger partial charge in [-0.1, -0.05) is 0 Å². The number of urea groups is 1. The van der Waals surface area contributed by atoms with Crippen molar-refractivity contribution in [3.05, 3.63) is 48.4 Å². The van der Waals surface area contributed by atoms with Crippen molar-refractivity contribution >= 4 is 6.03 Å². The first-order valence-electron chi connectivity index (χ1n) is 7.07. The summed E-state index contributed by atoms with van der Waals surface area (Å²) in [7, 11) is 1.62. The molecule has 0 atom stereocenters. The Bertz CT molecular complexity index is 552. The normalized spacial score (nSPS) is 10.0. The van der Waals surface area contributed by atoms with Crippen molar-refractivity contribution in [1.29, 1.82) is 0 Å². The molecule has 0 saturated carbocycles. The second-order valence-electron chi connectivity index (χ2n) is 4.62. The van der Waals surface area contributed by atoms with Crippen LogP contribution in [0.25, 0.3) is 0 Å². The van der Waals surface area contributed by atoms with Crippen molar-refractivity contribution < 1.29 is 18.7 Å². The number of benzene rings is 1. The molecule has 0 saturated heterocycles. The highest BCUT2D eigenvalue weighted by molar-refractivity contribution is 5.73. The molecule has 0 spiro atoms. The van der Waals surface area contributed by atoms with Crippen LogP contribution in [-0.4, -0.2) is 26.3 Å². The first-order chi connectivity index (χ1) is 10.8. The number of ether oxygens (including phenoxy) is 2. The lowest BCUT2D eigenvalue weighted by Crippen LogP contribution is -2.35. The number of hydrogen-bond donors (Lipinski definition) is 2. The van der Waals surface area contributed by atoms with Crippen molar-refractivity contribution in [3.63, 3.8) is 0 Å². The highest BCUT2D eigenvalue weighted by Crippen LogP contribution is 2.16. The van der Waals surface area contributed by atoms with E-state index in [1.54, 1.807) is 19.6 Å². The highest BCUT2D eigenvalue weighted by Gasteiger charge is 2.01. The molecule has 0 bridgehead atoms. The fourth-order valence-electron chi connectivity index (χ4n) is 1.77. The van der Waals surface area contributed by atoms with Crippen molar-refractivity contribution in [1.82, 2.24) is 10.6 Å². The Morgan fingerprint density at radius 3 is 2.59 bits per heavy atom. The van der Waals surface area contributed by atoms with E-state index in [0.29, 0.717) is 19.7 Å². The van der Waals surface area contributed by atoms with Gasteiger partial charge in [-0.25, -0.2) is 4.79 Å². The lowest BCUT2D eigenvalue weighted by Gasteiger charge is -2.08. The number of carbonyl (C=O) groups is 1. The minimum atomic E-state index is -0.203. The van der Waals surface area contributed by atoms with Gasteiger partial charge in [0, 0.05) is 18.7 Å². The van der Waals surface area contributed by atoms with Gasteiger partial charge in [0.15, 0.2) is 0 Å². The van der Waals surface area contributed by atoms with Crippen LogP contribution in [0.5, 0.6) is 11.5 Å². The number of amides is 2. The number of rotatable bonds is 8. The first-order valence-corrected chi connectivity index (χ1v) is 7.07. The molecule has 0 unspecified atom stereocenters. The van der Waals surface area contributed by atoms with E-state index < -0.39 is 0 Å². The Kier molecular flexibility index (Phi) is 6.17. The predicted molar refractivity (Wildman–Crippen MR) is 82.1 cm³/mol. The van der Waals surface area contributed by atoms with Crippen LogP contribution >= 0.6 is 0 Å². The zero-order valence-corrected chi connectivity index (χ0v) is 12.5. The van der Waals surface area contributed by atoms with Crippen LogP contribution in [0.2, 0.25) is 0 Å². The Morgan fingerprint density at radius 1 is 1.14 bits per heavy atom. The van der Waals surface area contributed by atoms with Gasteiger partial charge < -0.3 is 24.5 Å². The second kappa shape index (κ2) is 8.61. The van der Waals surface area contributed by atoms with E-state index in [0.717, 1.165) is 23.5 Å². The van der Waals surface area contributed by atoms with Crippen LogP contribution in [0, 0.1) is 0 Å². The molecule has 6 heteroatoms. The molecular formula is C16H20N2O4. The maximum Gasteiger partial charge on any atom is 0.315 e. The third kappa shape index (κ3) is 5.40. The van der Waals surface area contributed by atoms with Gasteiger partial charge in [0.1, 0.15) is 11.5 Å². The average molecular weight is 304 g/mol.